The fourth-order valence-electron chi connectivity index (χ4n) is 2.60. The Balaban J connectivity index is 1.68. The van der Waals surface area contributed by atoms with E-state index in [4.69, 9.17) is 0 Å². The van der Waals surface area contributed by atoms with Crippen LogP contribution in [0.3, 0.4) is 0 Å². The van der Waals surface area contributed by atoms with Crippen LogP contribution in [-0.2, 0) is 0 Å². The van der Waals surface area contributed by atoms with Gasteiger partial charge in [-0.2, -0.15) is 0 Å². The SMILES string of the molecule is O=C(NC12CC(F)(C1)C2)c1ccccn1. The van der Waals surface area contributed by atoms with Gasteiger partial charge in [0.05, 0.1) is 0 Å². The molecule has 3 nitrogen and oxygen atoms in total. The molecule has 4 heteroatoms. The smallest absolute Gasteiger partial charge is 0.270 e. The average Bonchev–Trinajstić information content (AvgIpc) is 2.15. The van der Waals surface area contributed by atoms with Crippen molar-refractivity contribution in [2.75, 3.05) is 0 Å². The summed E-state index contributed by atoms with van der Waals surface area (Å²) in [6.07, 6.45) is 2.99. The minimum absolute atomic E-state index is 0.197. The molecule has 3 aliphatic rings. The highest BCUT2D eigenvalue weighted by molar-refractivity contribution is 5.93. The van der Waals surface area contributed by atoms with Crippen molar-refractivity contribution in [1.82, 2.24) is 10.3 Å². The molecule has 1 N–H and O–H groups in total. The largest absolute Gasteiger partial charge is 0.345 e. The molecule has 3 fully saturated rings. The second-order valence-electron chi connectivity index (χ2n) is 4.63. The Labute approximate surface area is 86.7 Å². The van der Waals surface area contributed by atoms with Gasteiger partial charge in [0.15, 0.2) is 0 Å². The van der Waals surface area contributed by atoms with E-state index in [2.05, 4.69) is 10.3 Å². The van der Waals surface area contributed by atoms with Gasteiger partial charge in [-0.3, -0.25) is 9.78 Å². The van der Waals surface area contributed by atoms with Crippen LogP contribution < -0.4 is 5.32 Å². The molecule has 0 aromatic carbocycles. The molecule has 1 aromatic heterocycles. The summed E-state index contributed by atoms with van der Waals surface area (Å²) in [5.74, 6) is -0.197. The molecule has 0 spiro atoms. The summed E-state index contributed by atoms with van der Waals surface area (Å²) in [6.45, 7) is 0. The molecular formula is C11H11FN2O. The highest BCUT2D eigenvalue weighted by atomic mass is 19.1. The molecule has 4 rings (SSSR count). The predicted molar refractivity (Wildman–Crippen MR) is 52.1 cm³/mol. The maximum absolute atomic E-state index is 13.2. The van der Waals surface area contributed by atoms with E-state index in [0.717, 1.165) is 0 Å². The standard InChI is InChI=1S/C11H11FN2O/c12-10-5-11(6-10,7-10)14-9(15)8-3-1-2-4-13-8/h1-4H,5-7H2,(H,14,15). The first kappa shape index (κ1) is 8.83. The first-order valence-corrected chi connectivity index (χ1v) is 5.03. The van der Waals surface area contributed by atoms with Crippen LogP contribution in [0.4, 0.5) is 4.39 Å². The molecule has 2 bridgehead atoms. The number of nitrogens with one attached hydrogen (secondary N) is 1. The summed E-state index contributed by atoms with van der Waals surface area (Å²) in [4.78, 5) is 15.6. The topological polar surface area (TPSA) is 42.0 Å². The zero-order valence-corrected chi connectivity index (χ0v) is 8.16. The van der Waals surface area contributed by atoms with Crippen molar-refractivity contribution >= 4 is 5.91 Å². The molecule has 1 aromatic rings. The van der Waals surface area contributed by atoms with Gasteiger partial charge in [0.2, 0.25) is 0 Å². The van der Waals surface area contributed by atoms with Crippen LogP contribution >= 0.6 is 0 Å². The zero-order valence-electron chi connectivity index (χ0n) is 8.16. The summed E-state index contributed by atoms with van der Waals surface area (Å²) in [6, 6.07) is 5.18. The van der Waals surface area contributed by atoms with E-state index in [0.29, 0.717) is 25.0 Å². The van der Waals surface area contributed by atoms with E-state index in [1.54, 1.807) is 24.4 Å². The minimum atomic E-state index is -0.975. The Morgan fingerprint density at radius 3 is 2.67 bits per heavy atom. The summed E-state index contributed by atoms with van der Waals surface area (Å²) >= 11 is 0. The van der Waals surface area contributed by atoms with Gasteiger partial charge >= 0.3 is 0 Å². The van der Waals surface area contributed by atoms with Crippen LogP contribution in [0.2, 0.25) is 0 Å². The molecular weight excluding hydrogens is 195 g/mol. The quantitative estimate of drug-likeness (QED) is 0.795. The Kier molecular flexibility index (Phi) is 1.51. The molecule has 1 amide bonds. The molecule has 15 heavy (non-hydrogen) atoms. The fourth-order valence-corrected chi connectivity index (χ4v) is 2.60. The highest BCUT2D eigenvalue weighted by Crippen LogP contribution is 2.62. The van der Waals surface area contributed by atoms with Crippen molar-refractivity contribution in [2.45, 2.75) is 30.5 Å². The fraction of sp³-hybridized carbons (Fsp3) is 0.455. The third kappa shape index (κ3) is 1.24. The lowest BCUT2D eigenvalue weighted by molar-refractivity contribution is -0.162. The van der Waals surface area contributed by atoms with Gasteiger partial charge in [-0.05, 0) is 12.1 Å². The van der Waals surface area contributed by atoms with Crippen molar-refractivity contribution < 1.29 is 9.18 Å². The van der Waals surface area contributed by atoms with Gasteiger partial charge < -0.3 is 5.32 Å². The van der Waals surface area contributed by atoms with Gasteiger partial charge in [-0.25, -0.2) is 4.39 Å². The lowest BCUT2D eigenvalue weighted by Crippen LogP contribution is -2.76. The van der Waals surface area contributed by atoms with Crippen molar-refractivity contribution in [3.63, 3.8) is 0 Å². The van der Waals surface area contributed by atoms with Gasteiger partial charge in [-0.15, -0.1) is 0 Å². The number of carbonyl (C=O) groups is 1. The summed E-state index contributed by atoms with van der Waals surface area (Å²) < 4.78 is 13.2. The normalized spacial score (nSPS) is 36.3. The minimum Gasteiger partial charge on any atom is -0.345 e. The number of pyridine rings is 1. The zero-order chi connectivity index (χ0) is 10.5. The molecule has 0 radical (unpaired) electrons. The number of carbonyl (C=O) groups excluding carboxylic acids is 1. The number of hydrogen-bond donors (Lipinski definition) is 1. The molecule has 1 heterocycles. The van der Waals surface area contributed by atoms with E-state index in [1.165, 1.54) is 0 Å². The van der Waals surface area contributed by atoms with Gasteiger partial charge in [0.1, 0.15) is 11.4 Å². The summed E-state index contributed by atoms with van der Waals surface area (Å²) in [7, 11) is 0. The van der Waals surface area contributed by atoms with Crippen molar-refractivity contribution in [3.05, 3.63) is 30.1 Å². The molecule has 78 valence electrons. The second kappa shape index (κ2) is 2.56. The highest BCUT2D eigenvalue weighted by Gasteiger charge is 2.69. The molecule has 3 saturated carbocycles. The van der Waals surface area contributed by atoms with Gasteiger partial charge in [0.25, 0.3) is 5.91 Å². The van der Waals surface area contributed by atoms with Gasteiger partial charge in [0, 0.05) is 31.0 Å². The van der Waals surface area contributed by atoms with E-state index >= 15 is 0 Å². The lowest BCUT2D eigenvalue weighted by atomic mass is 9.47. The predicted octanol–water partition coefficient (Wildman–Crippen LogP) is 1.46. The Bertz CT molecular complexity index is 398. The summed E-state index contributed by atoms with van der Waals surface area (Å²) in [5, 5.41) is 2.86. The van der Waals surface area contributed by atoms with Crippen LogP contribution in [0.5, 0.6) is 0 Å². The van der Waals surface area contributed by atoms with E-state index < -0.39 is 5.67 Å². The maximum atomic E-state index is 13.2. The number of amides is 1. The number of alkyl halides is 1. The lowest BCUT2D eigenvalue weighted by Gasteiger charge is -2.65. The number of nitrogens with zero attached hydrogens (tertiary/aromatic N) is 1. The average molecular weight is 206 g/mol. The van der Waals surface area contributed by atoms with Crippen LogP contribution in [0, 0.1) is 0 Å². The molecule has 0 atom stereocenters. The Hall–Kier alpha value is -1.45. The number of hydrogen-bond acceptors (Lipinski definition) is 2. The summed E-state index contributed by atoms with van der Waals surface area (Å²) in [5.41, 5.74) is -0.837. The van der Waals surface area contributed by atoms with Crippen molar-refractivity contribution in [1.29, 1.82) is 0 Å². The second-order valence-corrected chi connectivity index (χ2v) is 4.63. The van der Waals surface area contributed by atoms with Crippen LogP contribution in [0.15, 0.2) is 24.4 Å². The van der Waals surface area contributed by atoms with Crippen molar-refractivity contribution in [3.8, 4) is 0 Å². The maximum Gasteiger partial charge on any atom is 0.270 e. The van der Waals surface area contributed by atoms with E-state index in [1.807, 2.05) is 0 Å². The van der Waals surface area contributed by atoms with Gasteiger partial charge in [-0.1, -0.05) is 6.07 Å². The first-order chi connectivity index (χ1) is 7.11. The van der Waals surface area contributed by atoms with Crippen molar-refractivity contribution in [2.24, 2.45) is 0 Å². The van der Waals surface area contributed by atoms with Crippen LogP contribution in [0.25, 0.3) is 0 Å². The molecule has 0 aliphatic heterocycles. The number of aromatic nitrogens is 1. The van der Waals surface area contributed by atoms with Crippen LogP contribution in [-0.4, -0.2) is 22.1 Å². The Morgan fingerprint density at radius 2 is 2.13 bits per heavy atom. The number of rotatable bonds is 2. The third-order valence-corrected chi connectivity index (χ3v) is 3.24. The first-order valence-electron chi connectivity index (χ1n) is 5.03. The molecule has 0 saturated heterocycles. The van der Waals surface area contributed by atoms with E-state index in [9.17, 15) is 9.18 Å². The number of halogens is 1. The third-order valence-electron chi connectivity index (χ3n) is 3.24. The molecule has 3 aliphatic carbocycles. The Morgan fingerprint density at radius 1 is 1.40 bits per heavy atom. The molecule has 0 unspecified atom stereocenters. The monoisotopic (exact) mass is 206 g/mol. The van der Waals surface area contributed by atoms with E-state index in [-0.39, 0.29) is 11.4 Å². The van der Waals surface area contributed by atoms with Crippen LogP contribution in [0.1, 0.15) is 29.8 Å².